The number of non-ortho nitro benzene ring substituents is 1. The second-order valence-electron chi connectivity index (χ2n) is 8.33. The number of rotatable bonds is 8. The highest BCUT2D eigenvalue weighted by atomic mass is 32.2. The minimum atomic E-state index is -3.96. The molecule has 4 rings (SSSR count). The van der Waals surface area contributed by atoms with E-state index in [1.807, 2.05) is 6.07 Å². The number of aromatic nitrogens is 2. The van der Waals surface area contributed by atoms with Crippen molar-refractivity contribution >= 4 is 44.9 Å². The van der Waals surface area contributed by atoms with E-state index < -0.39 is 20.9 Å². The molecule has 0 fully saturated rings. The van der Waals surface area contributed by atoms with E-state index in [0.29, 0.717) is 28.2 Å². The quantitative estimate of drug-likeness (QED) is 0.142. The first kappa shape index (κ1) is 26.2. The molecule has 192 valence electrons. The van der Waals surface area contributed by atoms with Crippen LogP contribution in [0.1, 0.15) is 22.5 Å². The van der Waals surface area contributed by atoms with Gasteiger partial charge in [-0.3, -0.25) is 14.9 Å². The molecule has 1 heterocycles. The third kappa shape index (κ3) is 6.45. The Morgan fingerprint density at radius 3 is 2.18 bits per heavy atom. The summed E-state index contributed by atoms with van der Waals surface area (Å²) in [7, 11) is -3.96. The Labute approximate surface area is 219 Å². The summed E-state index contributed by atoms with van der Waals surface area (Å²) >= 11 is 0. The number of anilines is 2. The predicted molar refractivity (Wildman–Crippen MR) is 145 cm³/mol. The number of nitro benzene ring substituents is 1. The van der Waals surface area contributed by atoms with Crippen molar-refractivity contribution in [3.8, 4) is 0 Å². The summed E-state index contributed by atoms with van der Waals surface area (Å²) in [5.41, 5.74) is 2.88. The lowest BCUT2D eigenvalue weighted by Gasteiger charge is -2.11. The molecule has 11 heteroatoms. The summed E-state index contributed by atoms with van der Waals surface area (Å²) in [4.78, 5) is 32.1. The number of benzene rings is 3. The minimum Gasteiger partial charge on any atom is -0.322 e. The molecule has 10 nitrogen and oxygen atoms in total. The predicted octanol–water partition coefficient (Wildman–Crippen LogP) is 4.98. The molecule has 0 bridgehead atoms. The highest BCUT2D eigenvalue weighted by Gasteiger charge is 2.18. The van der Waals surface area contributed by atoms with Crippen LogP contribution in [0.25, 0.3) is 11.6 Å². The SMILES string of the molecule is Cc1cc(C)nc(NS(=O)(=O)c2ccc(NC(=O)/C(=C/c3cccc([N+](=O)[O-])c3)c3ccccc3)cc2)n1. The molecular weight excluding hydrogens is 506 g/mol. The number of hydrogen-bond donors (Lipinski definition) is 2. The first-order chi connectivity index (χ1) is 18.1. The van der Waals surface area contributed by atoms with Gasteiger partial charge in [0.2, 0.25) is 5.95 Å². The zero-order valence-corrected chi connectivity index (χ0v) is 21.3. The lowest BCUT2D eigenvalue weighted by atomic mass is 10.0. The van der Waals surface area contributed by atoms with Crippen LogP contribution in [-0.2, 0) is 14.8 Å². The van der Waals surface area contributed by atoms with Gasteiger partial charge in [0.25, 0.3) is 21.6 Å². The van der Waals surface area contributed by atoms with Gasteiger partial charge in [-0.2, -0.15) is 0 Å². The molecule has 0 aliphatic carbocycles. The zero-order chi connectivity index (χ0) is 27.3. The molecule has 1 amide bonds. The number of nitro groups is 1. The molecule has 38 heavy (non-hydrogen) atoms. The molecule has 0 spiro atoms. The number of hydrogen-bond acceptors (Lipinski definition) is 7. The maximum atomic E-state index is 13.3. The van der Waals surface area contributed by atoms with Gasteiger partial charge in [0.15, 0.2) is 0 Å². The van der Waals surface area contributed by atoms with Crippen molar-refractivity contribution in [2.24, 2.45) is 0 Å². The number of aryl methyl sites for hydroxylation is 2. The molecule has 0 saturated carbocycles. The molecule has 0 unspecified atom stereocenters. The largest absolute Gasteiger partial charge is 0.322 e. The molecule has 4 aromatic rings. The maximum Gasteiger partial charge on any atom is 0.270 e. The third-order valence-electron chi connectivity index (χ3n) is 5.35. The van der Waals surface area contributed by atoms with Crippen LogP contribution in [0, 0.1) is 24.0 Å². The van der Waals surface area contributed by atoms with Crippen molar-refractivity contribution in [2.45, 2.75) is 18.7 Å². The van der Waals surface area contributed by atoms with Gasteiger partial charge < -0.3 is 5.32 Å². The Morgan fingerprint density at radius 2 is 1.55 bits per heavy atom. The van der Waals surface area contributed by atoms with Gasteiger partial charge >= 0.3 is 0 Å². The number of sulfonamides is 1. The smallest absolute Gasteiger partial charge is 0.270 e. The van der Waals surface area contributed by atoms with Gasteiger partial charge in [0.1, 0.15) is 0 Å². The van der Waals surface area contributed by atoms with Crippen LogP contribution in [0.4, 0.5) is 17.3 Å². The third-order valence-corrected chi connectivity index (χ3v) is 6.70. The van der Waals surface area contributed by atoms with Crippen molar-refractivity contribution in [2.75, 3.05) is 10.0 Å². The average Bonchev–Trinajstić information content (AvgIpc) is 2.87. The molecule has 0 atom stereocenters. The van der Waals surface area contributed by atoms with Crippen LogP contribution >= 0.6 is 0 Å². The standard InChI is InChI=1S/C27H23N5O5S/c1-18-15-19(2)29-27(28-18)31-38(36,37)24-13-11-22(12-14-24)30-26(33)25(21-8-4-3-5-9-21)17-20-7-6-10-23(16-20)32(34)35/h3-17H,1-2H3,(H,30,33)(H,28,29,31)/b25-17+. The summed E-state index contributed by atoms with van der Waals surface area (Å²) < 4.78 is 27.9. The Kier molecular flexibility index (Phi) is 7.58. The van der Waals surface area contributed by atoms with E-state index in [0.717, 1.165) is 0 Å². The van der Waals surface area contributed by atoms with Gasteiger partial charge in [0.05, 0.1) is 9.82 Å². The maximum absolute atomic E-state index is 13.3. The number of carbonyl (C=O) groups is 1. The van der Waals surface area contributed by atoms with E-state index in [4.69, 9.17) is 0 Å². The molecule has 1 aromatic heterocycles. The van der Waals surface area contributed by atoms with Gasteiger partial charge in [-0.05, 0) is 61.4 Å². The van der Waals surface area contributed by atoms with Crippen molar-refractivity contribution in [1.29, 1.82) is 0 Å². The lowest BCUT2D eigenvalue weighted by Crippen LogP contribution is -2.16. The second kappa shape index (κ2) is 11.0. The summed E-state index contributed by atoms with van der Waals surface area (Å²) in [6.07, 6.45) is 1.56. The monoisotopic (exact) mass is 529 g/mol. The fraction of sp³-hybridized carbons (Fsp3) is 0.0741. The topological polar surface area (TPSA) is 144 Å². The minimum absolute atomic E-state index is 0.0290. The van der Waals surface area contributed by atoms with Crippen LogP contribution < -0.4 is 10.0 Å². The zero-order valence-electron chi connectivity index (χ0n) is 20.5. The molecular formula is C27H23N5O5S. The van der Waals surface area contributed by atoms with E-state index in [9.17, 15) is 23.3 Å². The Hall–Kier alpha value is -4.90. The fourth-order valence-corrected chi connectivity index (χ4v) is 4.60. The molecule has 0 aliphatic rings. The highest BCUT2D eigenvalue weighted by Crippen LogP contribution is 2.24. The second-order valence-corrected chi connectivity index (χ2v) is 10.0. The van der Waals surface area contributed by atoms with Crippen LogP contribution in [0.2, 0.25) is 0 Å². The van der Waals surface area contributed by atoms with Crippen molar-refractivity contribution in [1.82, 2.24) is 9.97 Å². The summed E-state index contributed by atoms with van der Waals surface area (Å²) in [6, 6.07) is 22.2. The van der Waals surface area contributed by atoms with E-state index in [1.54, 1.807) is 62.4 Å². The normalized spacial score (nSPS) is 11.6. The Morgan fingerprint density at radius 1 is 0.895 bits per heavy atom. The summed E-state index contributed by atoms with van der Waals surface area (Å²) in [6.45, 7) is 3.47. The van der Waals surface area contributed by atoms with Crippen LogP contribution in [0.15, 0.2) is 89.8 Å². The van der Waals surface area contributed by atoms with Crippen molar-refractivity contribution in [3.05, 3.63) is 118 Å². The van der Waals surface area contributed by atoms with Crippen LogP contribution in [-0.4, -0.2) is 29.2 Å². The Bertz CT molecular complexity index is 1620. The molecule has 0 aliphatic heterocycles. The number of nitrogens with zero attached hydrogens (tertiary/aromatic N) is 3. The lowest BCUT2D eigenvalue weighted by molar-refractivity contribution is -0.384. The van der Waals surface area contributed by atoms with E-state index in [2.05, 4.69) is 20.0 Å². The van der Waals surface area contributed by atoms with Gasteiger partial charge in [0, 0.05) is 34.8 Å². The van der Waals surface area contributed by atoms with Crippen LogP contribution in [0.3, 0.4) is 0 Å². The molecule has 0 radical (unpaired) electrons. The Balaban J connectivity index is 1.58. The molecule has 0 saturated heterocycles. The molecule has 2 N–H and O–H groups in total. The number of nitrogens with one attached hydrogen (secondary N) is 2. The number of carbonyl (C=O) groups excluding carboxylic acids is 1. The van der Waals surface area contributed by atoms with Gasteiger partial charge in [-0.1, -0.05) is 42.5 Å². The van der Waals surface area contributed by atoms with E-state index >= 15 is 0 Å². The van der Waals surface area contributed by atoms with Crippen LogP contribution in [0.5, 0.6) is 0 Å². The van der Waals surface area contributed by atoms with Crippen molar-refractivity contribution < 1.29 is 18.1 Å². The average molecular weight is 530 g/mol. The van der Waals surface area contributed by atoms with Gasteiger partial charge in [-0.15, -0.1) is 0 Å². The van der Waals surface area contributed by atoms with E-state index in [1.165, 1.54) is 36.4 Å². The highest BCUT2D eigenvalue weighted by molar-refractivity contribution is 7.92. The van der Waals surface area contributed by atoms with Gasteiger partial charge in [-0.25, -0.2) is 23.1 Å². The summed E-state index contributed by atoms with van der Waals surface area (Å²) in [5, 5.41) is 13.9. The number of amides is 1. The van der Waals surface area contributed by atoms with Crippen molar-refractivity contribution in [3.63, 3.8) is 0 Å². The molecule has 3 aromatic carbocycles. The van der Waals surface area contributed by atoms with E-state index in [-0.39, 0.29) is 22.1 Å². The first-order valence-electron chi connectivity index (χ1n) is 11.4. The fourth-order valence-electron chi connectivity index (χ4n) is 3.66. The first-order valence-corrected chi connectivity index (χ1v) is 12.9. The summed E-state index contributed by atoms with van der Waals surface area (Å²) in [5.74, 6) is -0.501.